The van der Waals surface area contributed by atoms with E-state index in [9.17, 15) is 0 Å². The highest BCUT2D eigenvalue weighted by Crippen LogP contribution is 2.15. The number of unbranched alkanes of at least 4 members (excludes halogenated alkanes) is 1. The molecule has 0 fully saturated rings. The van der Waals surface area contributed by atoms with Crippen LogP contribution in [0.2, 0.25) is 0 Å². The molecule has 0 atom stereocenters. The molecule has 0 saturated carbocycles. The first-order valence-corrected chi connectivity index (χ1v) is 7.45. The molecule has 3 heteroatoms. The molecule has 2 rings (SSSR count). The number of hydrogen-bond acceptors (Lipinski definition) is 3. The first-order valence-electron chi connectivity index (χ1n) is 7.45. The first kappa shape index (κ1) is 15.2. The van der Waals surface area contributed by atoms with Gasteiger partial charge in [0.25, 0.3) is 0 Å². The molecule has 21 heavy (non-hydrogen) atoms. The average molecular weight is 284 g/mol. The molecular weight excluding hydrogens is 260 g/mol. The van der Waals surface area contributed by atoms with Crippen LogP contribution in [0.5, 0.6) is 5.75 Å². The van der Waals surface area contributed by atoms with Gasteiger partial charge in [-0.05, 0) is 49.2 Å². The fourth-order valence-electron chi connectivity index (χ4n) is 2.04. The van der Waals surface area contributed by atoms with Crippen LogP contribution in [0.15, 0.2) is 54.6 Å². The van der Waals surface area contributed by atoms with E-state index in [1.807, 2.05) is 30.3 Å². The third-order valence-electron chi connectivity index (χ3n) is 3.30. The topological polar surface area (TPSA) is 24.5 Å². The van der Waals surface area contributed by atoms with Gasteiger partial charge in [0, 0.05) is 32.0 Å². The molecule has 0 aliphatic rings. The van der Waals surface area contributed by atoms with E-state index in [4.69, 9.17) is 4.74 Å². The Bertz CT molecular complexity index is 509. The molecule has 0 amide bonds. The SMILES string of the molecule is CN(C)c1ccc(NCCCCOc2ccccc2)cc1. The fourth-order valence-corrected chi connectivity index (χ4v) is 2.04. The predicted octanol–water partition coefficient (Wildman–Crippen LogP) is 4.02. The molecule has 0 radical (unpaired) electrons. The fraction of sp³-hybridized carbons (Fsp3) is 0.333. The number of anilines is 2. The number of hydrogen-bond donors (Lipinski definition) is 1. The molecule has 2 aromatic rings. The number of rotatable bonds is 8. The molecule has 0 aliphatic carbocycles. The Kier molecular flexibility index (Phi) is 5.95. The summed E-state index contributed by atoms with van der Waals surface area (Å²) in [5.41, 5.74) is 2.39. The van der Waals surface area contributed by atoms with Crippen molar-refractivity contribution < 1.29 is 4.74 Å². The Balaban J connectivity index is 1.59. The van der Waals surface area contributed by atoms with E-state index >= 15 is 0 Å². The maximum absolute atomic E-state index is 5.67. The predicted molar refractivity (Wildman–Crippen MR) is 90.4 cm³/mol. The lowest BCUT2D eigenvalue weighted by atomic mass is 10.2. The van der Waals surface area contributed by atoms with E-state index in [0.29, 0.717) is 0 Å². The van der Waals surface area contributed by atoms with Gasteiger partial charge in [0.1, 0.15) is 5.75 Å². The molecule has 0 aliphatic heterocycles. The summed E-state index contributed by atoms with van der Waals surface area (Å²) in [6.07, 6.45) is 2.15. The molecule has 0 unspecified atom stereocenters. The Morgan fingerprint density at radius 3 is 2.29 bits per heavy atom. The van der Waals surface area contributed by atoms with Gasteiger partial charge in [-0.3, -0.25) is 0 Å². The van der Waals surface area contributed by atoms with Crippen LogP contribution in [-0.2, 0) is 0 Å². The first-order chi connectivity index (χ1) is 10.3. The summed E-state index contributed by atoms with van der Waals surface area (Å²) >= 11 is 0. The van der Waals surface area contributed by atoms with Crippen molar-refractivity contribution in [2.45, 2.75) is 12.8 Å². The quantitative estimate of drug-likeness (QED) is 0.741. The van der Waals surface area contributed by atoms with Crippen LogP contribution in [0.3, 0.4) is 0 Å². The molecule has 0 heterocycles. The summed E-state index contributed by atoms with van der Waals surface area (Å²) in [6, 6.07) is 18.5. The van der Waals surface area contributed by atoms with E-state index in [-0.39, 0.29) is 0 Å². The maximum Gasteiger partial charge on any atom is 0.119 e. The van der Waals surface area contributed by atoms with Crippen LogP contribution in [0, 0.1) is 0 Å². The average Bonchev–Trinajstić information content (AvgIpc) is 2.52. The molecule has 0 saturated heterocycles. The number of para-hydroxylation sites is 1. The Morgan fingerprint density at radius 1 is 0.905 bits per heavy atom. The van der Waals surface area contributed by atoms with Crippen LogP contribution < -0.4 is 15.0 Å². The molecule has 2 aromatic carbocycles. The van der Waals surface area contributed by atoms with E-state index < -0.39 is 0 Å². The van der Waals surface area contributed by atoms with Crippen LogP contribution in [0.1, 0.15) is 12.8 Å². The zero-order chi connectivity index (χ0) is 14.9. The molecule has 0 bridgehead atoms. The van der Waals surface area contributed by atoms with Crippen molar-refractivity contribution in [1.82, 2.24) is 0 Å². The van der Waals surface area contributed by atoms with Crippen molar-refractivity contribution in [3.8, 4) is 5.75 Å². The van der Waals surface area contributed by atoms with Crippen LogP contribution >= 0.6 is 0 Å². The minimum absolute atomic E-state index is 0.769. The highest BCUT2D eigenvalue weighted by atomic mass is 16.5. The van der Waals surface area contributed by atoms with E-state index in [1.165, 1.54) is 11.4 Å². The lowest BCUT2D eigenvalue weighted by molar-refractivity contribution is 0.308. The van der Waals surface area contributed by atoms with Crippen LogP contribution in [0.4, 0.5) is 11.4 Å². The second kappa shape index (κ2) is 8.20. The number of nitrogens with zero attached hydrogens (tertiary/aromatic N) is 1. The van der Waals surface area contributed by atoms with Gasteiger partial charge in [0.05, 0.1) is 6.61 Å². The third-order valence-corrected chi connectivity index (χ3v) is 3.30. The highest BCUT2D eigenvalue weighted by molar-refractivity contribution is 5.54. The second-order valence-electron chi connectivity index (χ2n) is 5.24. The number of benzene rings is 2. The summed E-state index contributed by atoms with van der Waals surface area (Å²) in [7, 11) is 4.10. The van der Waals surface area contributed by atoms with Gasteiger partial charge in [-0.1, -0.05) is 18.2 Å². The summed E-state index contributed by atoms with van der Waals surface area (Å²) in [5.74, 6) is 0.949. The van der Waals surface area contributed by atoms with Gasteiger partial charge in [0.2, 0.25) is 0 Å². The molecule has 3 nitrogen and oxygen atoms in total. The molecule has 1 N–H and O–H groups in total. The maximum atomic E-state index is 5.67. The van der Waals surface area contributed by atoms with Crippen LogP contribution in [-0.4, -0.2) is 27.2 Å². The second-order valence-corrected chi connectivity index (χ2v) is 5.24. The zero-order valence-corrected chi connectivity index (χ0v) is 12.9. The highest BCUT2D eigenvalue weighted by Gasteiger charge is 1.96. The monoisotopic (exact) mass is 284 g/mol. The van der Waals surface area contributed by atoms with Crippen molar-refractivity contribution in [2.24, 2.45) is 0 Å². The van der Waals surface area contributed by atoms with Gasteiger partial charge in [0.15, 0.2) is 0 Å². The summed E-state index contributed by atoms with van der Waals surface area (Å²) in [5, 5.41) is 3.44. The van der Waals surface area contributed by atoms with Crippen LogP contribution in [0.25, 0.3) is 0 Å². The van der Waals surface area contributed by atoms with E-state index in [2.05, 4.69) is 48.6 Å². The van der Waals surface area contributed by atoms with Gasteiger partial charge < -0.3 is 15.0 Å². The lowest BCUT2D eigenvalue weighted by Gasteiger charge is -2.13. The largest absolute Gasteiger partial charge is 0.494 e. The van der Waals surface area contributed by atoms with Crippen molar-refractivity contribution in [2.75, 3.05) is 37.5 Å². The zero-order valence-electron chi connectivity index (χ0n) is 12.9. The molecule has 0 spiro atoms. The van der Waals surface area contributed by atoms with E-state index in [1.54, 1.807) is 0 Å². The van der Waals surface area contributed by atoms with Gasteiger partial charge in [-0.25, -0.2) is 0 Å². The van der Waals surface area contributed by atoms with Crippen molar-refractivity contribution in [3.05, 3.63) is 54.6 Å². The van der Waals surface area contributed by atoms with Crippen molar-refractivity contribution in [1.29, 1.82) is 0 Å². The normalized spacial score (nSPS) is 10.2. The molecular formula is C18H24N2O. The van der Waals surface area contributed by atoms with Crippen molar-refractivity contribution in [3.63, 3.8) is 0 Å². The van der Waals surface area contributed by atoms with Crippen molar-refractivity contribution >= 4 is 11.4 Å². The van der Waals surface area contributed by atoms with E-state index in [0.717, 1.165) is 31.7 Å². The Labute approximate surface area is 127 Å². The molecule has 112 valence electrons. The minimum atomic E-state index is 0.769. The smallest absolute Gasteiger partial charge is 0.119 e. The Morgan fingerprint density at radius 2 is 1.62 bits per heavy atom. The van der Waals surface area contributed by atoms with Gasteiger partial charge >= 0.3 is 0 Å². The summed E-state index contributed by atoms with van der Waals surface area (Å²) in [6.45, 7) is 1.74. The Hall–Kier alpha value is -2.16. The number of ether oxygens (including phenoxy) is 1. The molecule has 0 aromatic heterocycles. The third kappa shape index (κ3) is 5.38. The number of nitrogens with one attached hydrogen (secondary N) is 1. The lowest BCUT2D eigenvalue weighted by Crippen LogP contribution is -2.08. The minimum Gasteiger partial charge on any atom is -0.494 e. The standard InChI is InChI=1S/C18H24N2O/c1-20(2)17-12-10-16(11-13-17)19-14-6-7-15-21-18-8-4-3-5-9-18/h3-5,8-13,19H,6-7,14-15H2,1-2H3. The summed E-state index contributed by atoms with van der Waals surface area (Å²) < 4.78 is 5.67. The summed E-state index contributed by atoms with van der Waals surface area (Å²) in [4.78, 5) is 2.10. The van der Waals surface area contributed by atoms with Gasteiger partial charge in [-0.2, -0.15) is 0 Å². The van der Waals surface area contributed by atoms with Gasteiger partial charge in [-0.15, -0.1) is 0 Å².